The third kappa shape index (κ3) is 6.07. The number of H-pyrrole nitrogens is 3. The van der Waals surface area contributed by atoms with Gasteiger partial charge in [0.25, 0.3) is 0 Å². The molecule has 4 heterocycles. The van der Waals surface area contributed by atoms with Gasteiger partial charge in [0, 0.05) is 56.8 Å². The van der Waals surface area contributed by atoms with Gasteiger partial charge in [-0.25, -0.2) is 0 Å². The van der Waals surface area contributed by atoms with Gasteiger partial charge >= 0.3 is 11.9 Å². The SMILES string of the molecule is C=Cc1c2[nH]c(c1C)C=c1[nH]c(c(C)c1C=C)=CC(=N)C(C)=C(CCC(=O)O)CC=c1[nH]c(c(C)c1CCC(=O)O)=C2. The van der Waals surface area contributed by atoms with Crippen LogP contribution in [0.25, 0.3) is 36.5 Å². The van der Waals surface area contributed by atoms with Gasteiger partial charge in [0.1, 0.15) is 0 Å². The van der Waals surface area contributed by atoms with Crippen LogP contribution in [0.5, 0.6) is 0 Å². The van der Waals surface area contributed by atoms with E-state index in [2.05, 4.69) is 28.1 Å². The maximum absolute atomic E-state index is 11.5. The molecule has 0 atom stereocenters. The van der Waals surface area contributed by atoms with Gasteiger partial charge in [0.15, 0.2) is 0 Å². The van der Waals surface area contributed by atoms with Crippen molar-refractivity contribution in [3.63, 3.8) is 0 Å². The number of carboxylic acids is 2. The molecule has 6 bridgehead atoms. The molecule has 8 nitrogen and oxygen atoms in total. The Morgan fingerprint density at radius 3 is 2.02 bits per heavy atom. The zero-order valence-electron chi connectivity index (χ0n) is 24.6. The number of rotatable bonds is 8. The molecule has 0 saturated carbocycles. The predicted octanol–water partition coefficient (Wildman–Crippen LogP) is 3.72. The maximum atomic E-state index is 11.5. The topological polar surface area (TPSA) is 146 Å². The Morgan fingerprint density at radius 1 is 0.786 bits per heavy atom. The summed E-state index contributed by atoms with van der Waals surface area (Å²) in [6.07, 6.45) is 12.4. The molecule has 0 amide bonds. The minimum absolute atomic E-state index is 0.0137. The van der Waals surface area contributed by atoms with Crippen LogP contribution in [0.4, 0.5) is 0 Å². The van der Waals surface area contributed by atoms with Gasteiger partial charge in [-0.05, 0) is 93.0 Å². The second-order valence-corrected chi connectivity index (χ2v) is 10.7. The first-order valence-corrected chi connectivity index (χ1v) is 13.9. The molecule has 42 heavy (non-hydrogen) atoms. The summed E-state index contributed by atoms with van der Waals surface area (Å²) in [5.74, 6) is -1.78. The number of carbonyl (C=O) groups is 2. The van der Waals surface area contributed by atoms with Crippen molar-refractivity contribution in [2.75, 3.05) is 0 Å². The quantitative estimate of drug-likeness (QED) is 0.247. The van der Waals surface area contributed by atoms with Crippen molar-refractivity contribution in [1.29, 1.82) is 5.41 Å². The van der Waals surface area contributed by atoms with Crippen molar-refractivity contribution in [2.24, 2.45) is 0 Å². The molecule has 218 valence electrons. The molecule has 0 spiro atoms. The first-order chi connectivity index (χ1) is 19.9. The summed E-state index contributed by atoms with van der Waals surface area (Å²) in [6.45, 7) is 15.9. The van der Waals surface area contributed by atoms with Crippen molar-refractivity contribution in [3.8, 4) is 0 Å². The second-order valence-electron chi connectivity index (χ2n) is 10.7. The van der Waals surface area contributed by atoms with Crippen LogP contribution >= 0.6 is 0 Å². The molecule has 6 N–H and O–H groups in total. The highest BCUT2D eigenvalue weighted by Crippen LogP contribution is 2.22. The van der Waals surface area contributed by atoms with Crippen LogP contribution in [0.15, 0.2) is 24.3 Å². The summed E-state index contributed by atoms with van der Waals surface area (Å²) in [5.41, 5.74) is 9.34. The Bertz CT molecular complexity index is 1910. The van der Waals surface area contributed by atoms with E-state index in [9.17, 15) is 19.8 Å². The summed E-state index contributed by atoms with van der Waals surface area (Å²) in [4.78, 5) is 33.4. The van der Waals surface area contributed by atoms with E-state index in [0.29, 0.717) is 24.8 Å². The van der Waals surface area contributed by atoms with Gasteiger partial charge in [0.05, 0.1) is 5.71 Å². The second kappa shape index (κ2) is 12.3. The lowest BCUT2D eigenvalue weighted by molar-refractivity contribution is -0.138. The van der Waals surface area contributed by atoms with Crippen LogP contribution in [0.3, 0.4) is 0 Å². The summed E-state index contributed by atoms with van der Waals surface area (Å²) in [7, 11) is 0. The molecule has 8 heteroatoms. The van der Waals surface area contributed by atoms with E-state index in [0.717, 1.165) is 71.7 Å². The Kier molecular flexibility index (Phi) is 8.85. The highest BCUT2D eigenvalue weighted by molar-refractivity contribution is 6.18. The van der Waals surface area contributed by atoms with Crippen molar-refractivity contribution < 1.29 is 19.8 Å². The molecule has 0 radical (unpaired) electrons. The van der Waals surface area contributed by atoms with Gasteiger partial charge in [-0.3, -0.25) is 9.59 Å². The number of aromatic amines is 3. The molecule has 4 rings (SSSR count). The third-order valence-electron chi connectivity index (χ3n) is 8.18. The Morgan fingerprint density at radius 2 is 1.38 bits per heavy atom. The smallest absolute Gasteiger partial charge is 0.303 e. The van der Waals surface area contributed by atoms with Crippen molar-refractivity contribution in [1.82, 2.24) is 15.0 Å². The van der Waals surface area contributed by atoms with Gasteiger partial charge in [-0.1, -0.05) is 37.0 Å². The minimum atomic E-state index is -0.904. The van der Waals surface area contributed by atoms with Gasteiger partial charge in [0.2, 0.25) is 0 Å². The largest absolute Gasteiger partial charge is 0.481 e. The lowest BCUT2D eigenvalue weighted by atomic mass is 9.96. The number of fused-ring (bicyclic) bond motifs is 6. The highest BCUT2D eigenvalue weighted by Gasteiger charge is 2.15. The van der Waals surface area contributed by atoms with Crippen molar-refractivity contribution in [2.45, 2.75) is 59.8 Å². The van der Waals surface area contributed by atoms with Crippen LogP contribution < -0.4 is 21.4 Å². The summed E-state index contributed by atoms with van der Waals surface area (Å²) in [6, 6.07) is 0. The average molecular weight is 567 g/mol. The van der Waals surface area contributed by atoms with E-state index < -0.39 is 11.9 Å². The first-order valence-electron chi connectivity index (χ1n) is 13.9. The standard InChI is InChI=1S/C34H38N4O4/c1-7-23-19(4)28-15-26(35)18(3)22(10-13-33(39)40)9-12-27-25(11-14-34(41)42)21(6)30(36-27)17-32-24(8-2)20(5)29(38-32)16-31(23)37-28/h7-8,12,15-17,35-38H,1-2,9-11,13-14H2,3-6H3,(H,39,40)(H,41,42). The van der Waals surface area contributed by atoms with Crippen LogP contribution in [0.2, 0.25) is 0 Å². The highest BCUT2D eigenvalue weighted by atomic mass is 16.4. The lowest BCUT2D eigenvalue weighted by Crippen LogP contribution is -2.15. The van der Waals surface area contributed by atoms with Crippen LogP contribution in [-0.2, 0) is 16.0 Å². The molecule has 0 aliphatic carbocycles. The molecule has 1 aliphatic heterocycles. The fraction of sp³-hybridized carbons (Fsp3) is 0.265. The number of nitrogens with one attached hydrogen (secondary N) is 4. The lowest BCUT2D eigenvalue weighted by Gasteiger charge is -2.09. The van der Waals surface area contributed by atoms with E-state index >= 15 is 0 Å². The molecule has 3 aromatic heterocycles. The Balaban J connectivity index is 2.09. The molecule has 0 saturated heterocycles. The number of hydrogen-bond acceptors (Lipinski definition) is 3. The number of hydrogen-bond donors (Lipinski definition) is 6. The van der Waals surface area contributed by atoms with E-state index in [4.69, 9.17) is 5.41 Å². The van der Waals surface area contributed by atoms with E-state index in [1.807, 2.05) is 52.0 Å². The summed E-state index contributed by atoms with van der Waals surface area (Å²) < 4.78 is 0. The Hall–Kier alpha value is -4.85. The normalized spacial score (nSPS) is 13.4. The van der Waals surface area contributed by atoms with Crippen molar-refractivity contribution >= 4 is 54.1 Å². The third-order valence-corrected chi connectivity index (χ3v) is 8.18. The minimum Gasteiger partial charge on any atom is -0.481 e. The number of aromatic nitrogens is 3. The predicted molar refractivity (Wildman–Crippen MR) is 169 cm³/mol. The fourth-order valence-corrected chi connectivity index (χ4v) is 5.56. The summed E-state index contributed by atoms with van der Waals surface area (Å²) >= 11 is 0. The monoisotopic (exact) mass is 566 g/mol. The van der Waals surface area contributed by atoms with Crippen LogP contribution in [0.1, 0.15) is 77.4 Å². The van der Waals surface area contributed by atoms with Gasteiger partial charge in [-0.15, -0.1) is 0 Å². The zero-order chi connectivity index (χ0) is 30.7. The van der Waals surface area contributed by atoms with Crippen LogP contribution in [-0.4, -0.2) is 42.8 Å². The number of aliphatic carboxylic acids is 2. The maximum Gasteiger partial charge on any atom is 0.303 e. The van der Waals surface area contributed by atoms with E-state index in [1.165, 1.54) is 0 Å². The van der Waals surface area contributed by atoms with E-state index in [1.54, 1.807) is 12.2 Å². The fourth-order valence-electron chi connectivity index (χ4n) is 5.56. The van der Waals surface area contributed by atoms with Crippen molar-refractivity contribution in [3.05, 3.63) is 90.5 Å². The molecule has 1 aliphatic rings. The molecular weight excluding hydrogens is 528 g/mol. The average Bonchev–Trinajstić information content (AvgIpc) is 3.51. The molecule has 0 fully saturated rings. The first kappa shape index (κ1) is 30.1. The van der Waals surface area contributed by atoms with E-state index in [-0.39, 0.29) is 18.6 Å². The zero-order valence-corrected chi connectivity index (χ0v) is 24.6. The molecular formula is C34H38N4O4. The molecule has 0 aromatic carbocycles. The van der Waals surface area contributed by atoms with Crippen LogP contribution in [0, 0.1) is 26.2 Å². The number of carboxylic acid groups (broad SMARTS) is 2. The Labute approximate surface area is 244 Å². The number of allylic oxidation sites excluding steroid dienone is 2. The van der Waals surface area contributed by atoms with Gasteiger partial charge < -0.3 is 30.6 Å². The summed E-state index contributed by atoms with van der Waals surface area (Å²) in [5, 5.41) is 31.0. The van der Waals surface area contributed by atoms with Gasteiger partial charge in [-0.2, -0.15) is 0 Å². The molecule has 3 aromatic rings. The molecule has 0 unspecified atom stereocenters.